The minimum absolute atomic E-state index is 0.0657. The number of aliphatic hydroxyl groups is 1. The normalized spacial score (nSPS) is 11.5. The summed E-state index contributed by atoms with van der Waals surface area (Å²) in [6, 6.07) is 16.0. The van der Waals surface area contributed by atoms with Crippen LogP contribution >= 0.6 is 0 Å². The molecule has 6 nitrogen and oxygen atoms in total. The van der Waals surface area contributed by atoms with Gasteiger partial charge in [0.25, 0.3) is 0 Å². The zero-order chi connectivity index (χ0) is 23.1. The molecule has 0 spiro atoms. The van der Waals surface area contributed by atoms with E-state index in [-0.39, 0.29) is 12.4 Å². The molecule has 0 aliphatic carbocycles. The molecule has 0 atom stereocenters. The van der Waals surface area contributed by atoms with Gasteiger partial charge in [0.2, 0.25) is 5.76 Å². The van der Waals surface area contributed by atoms with Crippen LogP contribution in [0.5, 0.6) is 0 Å². The highest BCUT2D eigenvalue weighted by atomic mass is 19.1. The Hall–Kier alpha value is -4.26. The number of allylic oxidation sites excluding steroid dienone is 2. The van der Waals surface area contributed by atoms with Crippen LogP contribution in [0.1, 0.15) is 28.5 Å². The van der Waals surface area contributed by atoms with Gasteiger partial charge >= 0.3 is 5.97 Å². The van der Waals surface area contributed by atoms with E-state index in [0.717, 1.165) is 17.8 Å². The highest BCUT2D eigenvalue weighted by Crippen LogP contribution is 2.20. The zero-order valence-corrected chi connectivity index (χ0v) is 17.2. The molecular weight excluding hydrogens is 413 g/mol. The lowest BCUT2D eigenvalue weighted by molar-refractivity contribution is -0.141. The van der Waals surface area contributed by atoms with E-state index >= 15 is 0 Å². The van der Waals surface area contributed by atoms with E-state index < -0.39 is 23.3 Å². The molecule has 0 amide bonds. The summed E-state index contributed by atoms with van der Waals surface area (Å²) in [6.45, 7) is 1.64. The van der Waals surface area contributed by atoms with Crippen LogP contribution in [-0.2, 0) is 14.3 Å². The molecule has 0 saturated carbocycles. The number of halogens is 1. The highest BCUT2D eigenvalue weighted by Gasteiger charge is 2.15. The number of aliphatic hydroxyl groups excluding tert-OH is 1. The molecule has 0 radical (unpaired) electrons. The van der Waals surface area contributed by atoms with Crippen LogP contribution < -0.4 is 0 Å². The SMILES string of the molecule is CCOC(=O)/C(O)=C/C(=O)/C=C/c1cc(C(=O)c2ccc(F)cc2)cn1-c1ccccc1. The molecule has 1 heterocycles. The lowest BCUT2D eigenvalue weighted by Crippen LogP contribution is -2.08. The third kappa shape index (κ3) is 5.46. The van der Waals surface area contributed by atoms with Crippen LogP contribution in [-0.4, -0.2) is 33.8 Å². The van der Waals surface area contributed by atoms with Crippen molar-refractivity contribution in [3.8, 4) is 5.69 Å². The predicted molar refractivity (Wildman–Crippen MR) is 117 cm³/mol. The molecule has 3 aromatic rings. The van der Waals surface area contributed by atoms with Gasteiger partial charge in [-0.05, 0) is 61.5 Å². The van der Waals surface area contributed by atoms with Gasteiger partial charge < -0.3 is 14.4 Å². The van der Waals surface area contributed by atoms with Crippen molar-refractivity contribution < 1.29 is 28.6 Å². The molecule has 162 valence electrons. The number of esters is 1. The number of para-hydroxylation sites is 1. The van der Waals surface area contributed by atoms with E-state index in [4.69, 9.17) is 0 Å². The second-order valence-electron chi connectivity index (χ2n) is 6.68. The summed E-state index contributed by atoms with van der Waals surface area (Å²) in [7, 11) is 0. The van der Waals surface area contributed by atoms with Crippen molar-refractivity contribution in [2.24, 2.45) is 0 Å². The Kier molecular flexibility index (Phi) is 7.13. The number of hydrogen-bond acceptors (Lipinski definition) is 5. The Morgan fingerprint density at radius 2 is 1.72 bits per heavy atom. The van der Waals surface area contributed by atoms with Gasteiger partial charge in [0.15, 0.2) is 11.6 Å². The lowest BCUT2D eigenvalue weighted by atomic mass is 10.1. The summed E-state index contributed by atoms with van der Waals surface area (Å²) in [6.07, 6.45) is 5.01. The van der Waals surface area contributed by atoms with Gasteiger partial charge in [-0.15, -0.1) is 0 Å². The average molecular weight is 433 g/mol. The minimum Gasteiger partial charge on any atom is -0.502 e. The largest absolute Gasteiger partial charge is 0.502 e. The first-order valence-electron chi connectivity index (χ1n) is 9.77. The number of benzene rings is 2. The van der Waals surface area contributed by atoms with Crippen molar-refractivity contribution in [1.29, 1.82) is 0 Å². The molecule has 7 heteroatoms. The van der Waals surface area contributed by atoms with E-state index in [1.54, 1.807) is 23.8 Å². The van der Waals surface area contributed by atoms with Gasteiger partial charge in [0, 0.05) is 34.8 Å². The number of nitrogens with zero attached hydrogens (tertiary/aromatic N) is 1. The maximum Gasteiger partial charge on any atom is 0.373 e. The molecule has 1 aromatic heterocycles. The number of hydrogen-bond donors (Lipinski definition) is 1. The van der Waals surface area contributed by atoms with Crippen molar-refractivity contribution in [2.75, 3.05) is 6.61 Å². The van der Waals surface area contributed by atoms with Gasteiger partial charge in [0.1, 0.15) is 5.82 Å². The number of carbonyl (C=O) groups is 3. The van der Waals surface area contributed by atoms with Crippen molar-refractivity contribution in [2.45, 2.75) is 6.92 Å². The summed E-state index contributed by atoms with van der Waals surface area (Å²) in [5.41, 5.74) is 1.93. The highest BCUT2D eigenvalue weighted by molar-refractivity contribution is 6.09. The molecule has 3 rings (SSSR count). The second kappa shape index (κ2) is 10.2. The monoisotopic (exact) mass is 433 g/mol. The molecule has 0 bridgehead atoms. The molecule has 0 unspecified atom stereocenters. The average Bonchev–Trinajstić information content (AvgIpc) is 3.23. The predicted octanol–water partition coefficient (Wildman–Crippen LogP) is 4.43. The molecule has 0 aliphatic heterocycles. The molecule has 1 N–H and O–H groups in total. The zero-order valence-electron chi connectivity index (χ0n) is 17.2. The quantitative estimate of drug-likeness (QED) is 0.246. The Labute approximate surface area is 183 Å². The Morgan fingerprint density at radius 1 is 1.03 bits per heavy atom. The smallest absolute Gasteiger partial charge is 0.373 e. The van der Waals surface area contributed by atoms with Crippen molar-refractivity contribution in [3.63, 3.8) is 0 Å². The Bertz CT molecular complexity index is 1190. The van der Waals surface area contributed by atoms with Gasteiger partial charge in [0.05, 0.1) is 6.61 Å². The number of aromatic nitrogens is 1. The van der Waals surface area contributed by atoms with E-state index in [1.807, 2.05) is 30.3 Å². The van der Waals surface area contributed by atoms with Crippen LogP contribution in [0.2, 0.25) is 0 Å². The lowest BCUT2D eigenvalue weighted by Gasteiger charge is -2.05. The Morgan fingerprint density at radius 3 is 2.38 bits per heavy atom. The fourth-order valence-electron chi connectivity index (χ4n) is 2.93. The third-order valence-corrected chi connectivity index (χ3v) is 4.43. The standard InChI is InChI=1S/C25H20FNO5/c1-2-32-25(31)23(29)15-22(28)13-12-21-14-18(16-27(21)20-6-4-3-5-7-20)24(30)17-8-10-19(26)11-9-17/h3-16,29H,2H2,1H3/b13-12+,23-15-. The van der Waals surface area contributed by atoms with E-state index in [0.29, 0.717) is 16.8 Å². The topological polar surface area (TPSA) is 85.6 Å². The first-order chi connectivity index (χ1) is 15.4. The minimum atomic E-state index is -0.992. The van der Waals surface area contributed by atoms with Crippen LogP contribution in [0, 0.1) is 5.82 Å². The maximum absolute atomic E-state index is 13.2. The summed E-state index contributed by atoms with van der Waals surface area (Å²) >= 11 is 0. The Balaban J connectivity index is 1.93. The number of ether oxygens (including phenoxy) is 1. The first kappa shape index (κ1) is 22.4. The number of carbonyl (C=O) groups excluding carboxylic acids is 3. The fraction of sp³-hybridized carbons (Fsp3) is 0.0800. The van der Waals surface area contributed by atoms with Gasteiger partial charge in [-0.25, -0.2) is 9.18 Å². The van der Waals surface area contributed by atoms with Crippen molar-refractivity contribution in [3.05, 3.63) is 107 Å². The van der Waals surface area contributed by atoms with E-state index in [2.05, 4.69) is 4.74 Å². The molecule has 0 aliphatic rings. The van der Waals surface area contributed by atoms with Gasteiger partial charge in [-0.1, -0.05) is 18.2 Å². The van der Waals surface area contributed by atoms with E-state index in [9.17, 15) is 23.9 Å². The van der Waals surface area contributed by atoms with Crippen LogP contribution in [0.25, 0.3) is 11.8 Å². The second-order valence-corrected chi connectivity index (χ2v) is 6.68. The number of rotatable bonds is 8. The van der Waals surface area contributed by atoms with Crippen LogP contribution in [0.15, 0.2) is 84.8 Å². The van der Waals surface area contributed by atoms with Crippen molar-refractivity contribution >= 4 is 23.6 Å². The van der Waals surface area contributed by atoms with Crippen LogP contribution in [0.3, 0.4) is 0 Å². The first-order valence-corrected chi connectivity index (χ1v) is 9.77. The third-order valence-electron chi connectivity index (χ3n) is 4.43. The summed E-state index contributed by atoms with van der Waals surface area (Å²) < 4.78 is 19.5. The van der Waals surface area contributed by atoms with Crippen LogP contribution in [0.4, 0.5) is 4.39 Å². The summed E-state index contributed by atoms with van der Waals surface area (Å²) in [5.74, 6) is -3.17. The molecular formula is C25H20FNO5. The van der Waals surface area contributed by atoms with Gasteiger partial charge in [-0.2, -0.15) is 0 Å². The van der Waals surface area contributed by atoms with Crippen molar-refractivity contribution in [1.82, 2.24) is 4.57 Å². The maximum atomic E-state index is 13.2. The fourth-order valence-corrected chi connectivity index (χ4v) is 2.93. The molecule has 0 fully saturated rings. The molecule has 32 heavy (non-hydrogen) atoms. The summed E-state index contributed by atoms with van der Waals surface area (Å²) in [4.78, 5) is 36.4. The number of ketones is 2. The summed E-state index contributed by atoms with van der Waals surface area (Å²) in [5, 5.41) is 9.63. The van der Waals surface area contributed by atoms with Gasteiger partial charge in [-0.3, -0.25) is 9.59 Å². The molecule has 2 aromatic carbocycles. The molecule has 0 saturated heterocycles. The van der Waals surface area contributed by atoms with E-state index in [1.165, 1.54) is 30.3 Å².